The van der Waals surface area contributed by atoms with Gasteiger partial charge in [-0.15, -0.1) is 10.2 Å². The fourth-order valence-electron chi connectivity index (χ4n) is 3.78. The first kappa shape index (κ1) is 23.0. The van der Waals surface area contributed by atoms with E-state index in [1.165, 1.54) is 11.8 Å². The number of hydrogen-bond acceptors (Lipinski definition) is 5. The zero-order chi connectivity index (χ0) is 24.2. The van der Waals surface area contributed by atoms with E-state index >= 15 is 0 Å². The van der Waals surface area contributed by atoms with Crippen molar-refractivity contribution in [3.63, 3.8) is 0 Å². The van der Waals surface area contributed by atoms with Crippen molar-refractivity contribution in [3.8, 4) is 22.8 Å². The fourth-order valence-corrected chi connectivity index (χ4v) is 4.66. The molecule has 0 saturated carbocycles. The van der Waals surface area contributed by atoms with Gasteiger partial charge in [-0.1, -0.05) is 53.7 Å². The van der Waals surface area contributed by atoms with Crippen LogP contribution in [-0.2, 0) is 4.79 Å². The SMILES string of the molecule is CCOc1ccccc1NC(=O)CSc1nnc(-c2c[nH]c3ccccc23)n1-c1ccc(Cl)cc1. The maximum atomic E-state index is 12.8. The molecule has 0 bridgehead atoms. The van der Waals surface area contributed by atoms with Gasteiger partial charge in [-0.3, -0.25) is 9.36 Å². The third-order valence-corrected chi connectivity index (χ3v) is 6.52. The summed E-state index contributed by atoms with van der Waals surface area (Å²) in [5.41, 5.74) is 3.42. The summed E-state index contributed by atoms with van der Waals surface area (Å²) in [7, 11) is 0. The van der Waals surface area contributed by atoms with Gasteiger partial charge in [-0.05, 0) is 49.4 Å². The van der Waals surface area contributed by atoms with Gasteiger partial charge in [-0.2, -0.15) is 0 Å². The van der Waals surface area contributed by atoms with E-state index in [4.69, 9.17) is 16.3 Å². The summed E-state index contributed by atoms with van der Waals surface area (Å²) in [5, 5.41) is 14.1. The highest BCUT2D eigenvalue weighted by Crippen LogP contribution is 2.33. The van der Waals surface area contributed by atoms with E-state index in [2.05, 4.69) is 20.5 Å². The molecule has 0 unspecified atom stereocenters. The van der Waals surface area contributed by atoms with E-state index in [1.54, 1.807) is 0 Å². The highest BCUT2D eigenvalue weighted by molar-refractivity contribution is 7.99. The van der Waals surface area contributed by atoms with Gasteiger partial charge >= 0.3 is 0 Å². The Morgan fingerprint density at radius 2 is 1.83 bits per heavy atom. The molecule has 0 spiro atoms. The lowest BCUT2D eigenvalue weighted by molar-refractivity contribution is -0.113. The predicted molar refractivity (Wildman–Crippen MR) is 141 cm³/mol. The second kappa shape index (κ2) is 10.2. The molecular formula is C26H22ClN5O2S. The number of aromatic nitrogens is 4. The summed E-state index contributed by atoms with van der Waals surface area (Å²) in [5.74, 6) is 1.30. The standard InChI is InChI=1S/C26H22ClN5O2S/c1-2-34-23-10-6-5-9-22(23)29-24(33)16-35-26-31-30-25(32(26)18-13-11-17(27)12-14-18)20-15-28-21-8-4-3-7-19(20)21/h3-15,28H,2,16H2,1H3,(H,29,33). The Kier molecular flexibility index (Phi) is 6.74. The molecule has 176 valence electrons. The molecule has 0 aliphatic rings. The molecule has 0 fully saturated rings. The van der Waals surface area contributed by atoms with Gasteiger partial charge in [0, 0.05) is 33.4 Å². The zero-order valence-corrected chi connectivity index (χ0v) is 20.4. The Bertz CT molecular complexity index is 1480. The van der Waals surface area contributed by atoms with E-state index in [0.29, 0.717) is 34.0 Å². The summed E-state index contributed by atoms with van der Waals surface area (Å²) in [4.78, 5) is 16.1. The number of H-pyrrole nitrogens is 1. The molecule has 0 atom stereocenters. The van der Waals surface area contributed by atoms with Crippen molar-refractivity contribution in [2.45, 2.75) is 12.1 Å². The lowest BCUT2D eigenvalue weighted by Crippen LogP contribution is -2.15. The monoisotopic (exact) mass is 503 g/mol. The Morgan fingerprint density at radius 1 is 1.06 bits per heavy atom. The number of halogens is 1. The van der Waals surface area contributed by atoms with Crippen molar-refractivity contribution in [3.05, 3.63) is 84.0 Å². The van der Waals surface area contributed by atoms with Gasteiger partial charge in [0.2, 0.25) is 5.91 Å². The van der Waals surface area contributed by atoms with Crippen LogP contribution >= 0.6 is 23.4 Å². The largest absolute Gasteiger partial charge is 0.492 e. The van der Waals surface area contributed by atoms with E-state index < -0.39 is 0 Å². The van der Waals surface area contributed by atoms with Crippen LogP contribution in [0, 0.1) is 0 Å². The number of nitrogens with zero attached hydrogens (tertiary/aromatic N) is 3. The van der Waals surface area contributed by atoms with Crippen molar-refractivity contribution in [1.82, 2.24) is 19.7 Å². The van der Waals surface area contributed by atoms with Crippen LogP contribution < -0.4 is 10.1 Å². The molecule has 2 heterocycles. The zero-order valence-electron chi connectivity index (χ0n) is 18.9. The van der Waals surface area contributed by atoms with E-state index in [0.717, 1.165) is 22.2 Å². The smallest absolute Gasteiger partial charge is 0.234 e. The number of nitrogens with one attached hydrogen (secondary N) is 2. The predicted octanol–water partition coefficient (Wildman–Crippen LogP) is 6.20. The minimum atomic E-state index is -0.165. The number of rotatable bonds is 8. The Hall–Kier alpha value is -3.75. The number of fused-ring (bicyclic) bond motifs is 1. The van der Waals surface area contributed by atoms with Crippen LogP contribution in [0.2, 0.25) is 5.02 Å². The second-order valence-corrected chi connectivity index (χ2v) is 9.01. The normalized spacial score (nSPS) is 11.0. The van der Waals surface area contributed by atoms with Gasteiger partial charge in [0.05, 0.1) is 18.0 Å². The third-order valence-electron chi connectivity index (χ3n) is 5.34. The number of amides is 1. The number of carbonyl (C=O) groups excluding carboxylic acids is 1. The van der Waals surface area contributed by atoms with Crippen LogP contribution in [0.15, 0.2) is 84.1 Å². The maximum absolute atomic E-state index is 12.8. The van der Waals surface area contributed by atoms with Crippen molar-refractivity contribution >= 4 is 45.9 Å². The van der Waals surface area contributed by atoms with Crippen molar-refractivity contribution in [2.24, 2.45) is 0 Å². The number of aromatic amines is 1. The van der Waals surface area contributed by atoms with Crippen molar-refractivity contribution < 1.29 is 9.53 Å². The number of ether oxygens (including phenoxy) is 1. The van der Waals surface area contributed by atoms with Crippen LogP contribution in [0.1, 0.15) is 6.92 Å². The number of carbonyl (C=O) groups is 1. The molecule has 0 saturated heterocycles. The number of para-hydroxylation sites is 3. The average molecular weight is 504 g/mol. The number of hydrogen-bond donors (Lipinski definition) is 2. The molecule has 3 aromatic carbocycles. The summed E-state index contributed by atoms with van der Waals surface area (Å²) >= 11 is 7.44. The van der Waals surface area contributed by atoms with E-state index in [-0.39, 0.29) is 11.7 Å². The van der Waals surface area contributed by atoms with Gasteiger partial charge in [0.1, 0.15) is 5.75 Å². The molecule has 0 aliphatic carbocycles. The minimum absolute atomic E-state index is 0.153. The van der Waals surface area contributed by atoms with E-state index in [1.807, 2.05) is 90.5 Å². The molecule has 0 aliphatic heterocycles. The molecule has 7 nitrogen and oxygen atoms in total. The van der Waals surface area contributed by atoms with Crippen LogP contribution in [0.4, 0.5) is 5.69 Å². The van der Waals surface area contributed by atoms with Crippen LogP contribution in [0.3, 0.4) is 0 Å². The summed E-state index contributed by atoms with van der Waals surface area (Å²) in [6.45, 7) is 2.42. The minimum Gasteiger partial charge on any atom is -0.492 e. The molecule has 2 N–H and O–H groups in total. The molecule has 0 radical (unpaired) electrons. The first-order chi connectivity index (χ1) is 17.1. The Balaban J connectivity index is 1.44. The second-order valence-electron chi connectivity index (χ2n) is 7.63. The highest BCUT2D eigenvalue weighted by Gasteiger charge is 2.20. The summed E-state index contributed by atoms with van der Waals surface area (Å²) in [6.07, 6.45) is 1.92. The lowest BCUT2D eigenvalue weighted by atomic mass is 10.1. The topological polar surface area (TPSA) is 84.8 Å². The molecule has 35 heavy (non-hydrogen) atoms. The molecule has 5 aromatic rings. The Labute approximate surface area is 211 Å². The number of thioether (sulfide) groups is 1. The average Bonchev–Trinajstić information content (AvgIpc) is 3.49. The third kappa shape index (κ3) is 4.89. The van der Waals surface area contributed by atoms with Crippen molar-refractivity contribution in [2.75, 3.05) is 17.7 Å². The first-order valence-corrected chi connectivity index (χ1v) is 12.4. The molecule has 5 rings (SSSR count). The Morgan fingerprint density at radius 3 is 2.66 bits per heavy atom. The molecule has 9 heteroatoms. The van der Waals surface area contributed by atoms with E-state index in [9.17, 15) is 4.79 Å². The highest BCUT2D eigenvalue weighted by atomic mass is 35.5. The molecule has 2 aromatic heterocycles. The fraction of sp³-hybridized carbons (Fsp3) is 0.115. The molecular weight excluding hydrogens is 482 g/mol. The van der Waals surface area contributed by atoms with Gasteiger partial charge < -0.3 is 15.0 Å². The lowest BCUT2D eigenvalue weighted by Gasteiger charge is -2.12. The maximum Gasteiger partial charge on any atom is 0.234 e. The van der Waals surface area contributed by atoms with Gasteiger partial charge in [0.25, 0.3) is 0 Å². The summed E-state index contributed by atoms with van der Waals surface area (Å²) < 4.78 is 7.55. The summed E-state index contributed by atoms with van der Waals surface area (Å²) in [6, 6.07) is 22.9. The number of benzene rings is 3. The van der Waals surface area contributed by atoms with Crippen molar-refractivity contribution in [1.29, 1.82) is 0 Å². The van der Waals surface area contributed by atoms with Crippen LogP contribution in [0.25, 0.3) is 28.0 Å². The number of anilines is 1. The van der Waals surface area contributed by atoms with Gasteiger partial charge in [0.15, 0.2) is 11.0 Å². The van der Waals surface area contributed by atoms with Gasteiger partial charge in [-0.25, -0.2) is 0 Å². The van der Waals surface area contributed by atoms with Crippen LogP contribution in [0.5, 0.6) is 5.75 Å². The molecule has 1 amide bonds. The van der Waals surface area contributed by atoms with Crippen LogP contribution in [-0.4, -0.2) is 38.0 Å². The quantitative estimate of drug-likeness (QED) is 0.246. The first-order valence-electron chi connectivity index (χ1n) is 11.1.